The molecule has 0 nitrogen and oxygen atoms in total. The van der Waals surface area contributed by atoms with Crippen molar-refractivity contribution in [2.45, 2.75) is 32.6 Å². The van der Waals surface area contributed by atoms with Gasteiger partial charge in [-0.2, -0.15) is 0 Å². The minimum atomic E-state index is -0.137. The van der Waals surface area contributed by atoms with E-state index in [9.17, 15) is 0 Å². The number of fused-ring (bicyclic) bond motifs is 10. The lowest BCUT2D eigenvalue weighted by atomic mass is 9.47. The Morgan fingerprint density at radius 2 is 1.54 bits per heavy atom. The highest BCUT2D eigenvalue weighted by Gasteiger charge is 2.64. The summed E-state index contributed by atoms with van der Waals surface area (Å²) in [5.41, 5.74) is 20.5. The van der Waals surface area contributed by atoms with Crippen molar-refractivity contribution < 1.29 is 0 Å². The van der Waals surface area contributed by atoms with Gasteiger partial charge in [-0.1, -0.05) is 160 Å². The Morgan fingerprint density at radius 3 is 2.40 bits per heavy atom. The quantitative estimate of drug-likeness (QED) is 0.184. The van der Waals surface area contributed by atoms with E-state index in [0.29, 0.717) is 17.8 Å². The third-order valence-corrected chi connectivity index (χ3v) is 12.7. The van der Waals surface area contributed by atoms with Crippen LogP contribution in [0.3, 0.4) is 0 Å². The Kier molecular flexibility index (Phi) is 6.34. The van der Waals surface area contributed by atoms with Crippen LogP contribution in [0, 0.1) is 24.2 Å². The maximum Gasteiger partial charge on any atom is 0.0469 e. The zero-order chi connectivity index (χ0) is 33.7. The molecule has 50 heavy (non-hydrogen) atoms. The summed E-state index contributed by atoms with van der Waals surface area (Å²) in [5.74, 6) is 1.07. The van der Waals surface area contributed by atoms with Crippen molar-refractivity contribution in [3.05, 3.63) is 208 Å². The number of hydrogen-bond donors (Lipinski definition) is 0. The monoisotopic (exact) mass is 640 g/mol. The Hall–Kier alpha value is -5.46. The fourth-order valence-electron chi connectivity index (χ4n) is 10.4. The van der Waals surface area contributed by atoms with Crippen LogP contribution in [0.15, 0.2) is 169 Å². The van der Waals surface area contributed by atoms with Crippen LogP contribution >= 0.6 is 0 Å². The first-order valence-electron chi connectivity index (χ1n) is 18.2. The van der Waals surface area contributed by atoms with Gasteiger partial charge in [-0.05, 0) is 126 Å². The van der Waals surface area contributed by atoms with Crippen LogP contribution in [0.4, 0.5) is 0 Å². The molecule has 4 atom stereocenters. The molecule has 0 amide bonds. The number of allylic oxidation sites excluding steroid dienone is 11. The zero-order valence-electron chi connectivity index (χ0n) is 28.8. The zero-order valence-corrected chi connectivity index (χ0v) is 28.8. The predicted octanol–water partition coefficient (Wildman–Crippen LogP) is 12.4. The summed E-state index contributed by atoms with van der Waals surface area (Å²) in [6, 6.07) is 38.4. The van der Waals surface area contributed by atoms with Gasteiger partial charge in [-0.15, -0.1) is 0 Å². The van der Waals surface area contributed by atoms with Crippen molar-refractivity contribution in [2.75, 3.05) is 0 Å². The van der Waals surface area contributed by atoms with Gasteiger partial charge in [0.1, 0.15) is 0 Å². The van der Waals surface area contributed by atoms with Gasteiger partial charge >= 0.3 is 0 Å². The minimum Gasteiger partial charge on any atom is -0.0985 e. The SMILES string of the molecule is C=Cc1cccc2c1C[C@H](C)c1cccc(c1C)C1=C3C4=CC=CC5=C(c6ccc(-c7cccc8ccccc78)cc6)C=CC45C3C(C2)C1=C. The van der Waals surface area contributed by atoms with E-state index in [4.69, 9.17) is 6.58 Å². The second-order valence-corrected chi connectivity index (χ2v) is 15.0. The fourth-order valence-corrected chi connectivity index (χ4v) is 10.4. The van der Waals surface area contributed by atoms with E-state index in [0.717, 1.165) is 12.8 Å². The molecule has 5 aliphatic carbocycles. The van der Waals surface area contributed by atoms with E-state index in [2.05, 4.69) is 160 Å². The molecule has 5 aromatic rings. The van der Waals surface area contributed by atoms with Crippen LogP contribution in [0.1, 0.15) is 51.8 Å². The molecule has 0 aliphatic heterocycles. The number of rotatable bonds is 3. The van der Waals surface area contributed by atoms with Crippen molar-refractivity contribution in [1.29, 1.82) is 0 Å². The van der Waals surface area contributed by atoms with Crippen LogP contribution in [-0.2, 0) is 12.8 Å². The normalized spacial score (nSPS) is 24.2. The Labute approximate surface area is 295 Å². The molecule has 5 aliphatic rings. The van der Waals surface area contributed by atoms with Crippen LogP contribution in [0.25, 0.3) is 39.1 Å². The van der Waals surface area contributed by atoms with Crippen molar-refractivity contribution in [3.8, 4) is 11.1 Å². The minimum absolute atomic E-state index is 0.137. The van der Waals surface area contributed by atoms with Gasteiger partial charge in [0.15, 0.2) is 0 Å². The first-order valence-corrected chi connectivity index (χ1v) is 18.2. The van der Waals surface area contributed by atoms with Crippen molar-refractivity contribution in [2.24, 2.45) is 17.3 Å². The topological polar surface area (TPSA) is 0 Å². The summed E-state index contributed by atoms with van der Waals surface area (Å²) < 4.78 is 0. The number of benzene rings is 5. The molecule has 1 fully saturated rings. The molecule has 0 saturated heterocycles. The largest absolute Gasteiger partial charge is 0.0985 e. The average Bonchev–Trinajstić information content (AvgIpc) is 3.66. The van der Waals surface area contributed by atoms with Gasteiger partial charge in [0.2, 0.25) is 0 Å². The van der Waals surface area contributed by atoms with E-state index >= 15 is 0 Å². The van der Waals surface area contributed by atoms with Crippen LogP contribution < -0.4 is 0 Å². The number of hydrogen-bond acceptors (Lipinski definition) is 0. The lowest BCUT2D eigenvalue weighted by Gasteiger charge is -2.54. The summed E-state index contributed by atoms with van der Waals surface area (Å²) in [6.45, 7) is 13.9. The van der Waals surface area contributed by atoms with Gasteiger partial charge < -0.3 is 0 Å². The highest BCUT2D eigenvalue weighted by atomic mass is 14.7. The Morgan fingerprint density at radius 1 is 0.780 bits per heavy atom. The van der Waals surface area contributed by atoms with E-state index in [1.165, 1.54) is 94.3 Å². The third kappa shape index (κ3) is 3.88. The standard InChI is InChI=1S/C50H40/c1-5-33-13-8-15-37-29-43-32(4)47(39-18-10-17-38(31(39)3)30(2)28-44(33)37)48-46-21-11-20-45-42(26-27-50(45,46)49(43)48)36-24-22-35(23-25-36)41-19-9-14-34-12-6-7-16-40(34)41/h5-27,30,43,49H,1,4,28-29H2,2-3H3/t30-,43?,49?,50?/m0/s1. The summed E-state index contributed by atoms with van der Waals surface area (Å²) >= 11 is 0. The van der Waals surface area contributed by atoms with Gasteiger partial charge in [0.05, 0.1) is 0 Å². The second kappa shape index (κ2) is 10.8. The molecule has 0 heterocycles. The maximum atomic E-state index is 4.95. The summed E-state index contributed by atoms with van der Waals surface area (Å²) in [4.78, 5) is 0. The van der Waals surface area contributed by atoms with Crippen molar-refractivity contribution in [1.82, 2.24) is 0 Å². The van der Waals surface area contributed by atoms with Gasteiger partial charge in [-0.3, -0.25) is 0 Å². The second-order valence-electron chi connectivity index (χ2n) is 15.0. The van der Waals surface area contributed by atoms with Crippen LogP contribution in [0.5, 0.6) is 0 Å². The van der Waals surface area contributed by atoms with E-state index in [1.807, 2.05) is 0 Å². The maximum absolute atomic E-state index is 4.95. The molecule has 3 unspecified atom stereocenters. The smallest absolute Gasteiger partial charge is 0.0469 e. The average molecular weight is 641 g/mol. The van der Waals surface area contributed by atoms with Gasteiger partial charge in [-0.25, -0.2) is 0 Å². The third-order valence-electron chi connectivity index (χ3n) is 12.7. The fraction of sp³-hybridized carbons (Fsp3) is 0.160. The Balaban J connectivity index is 1.13. The van der Waals surface area contributed by atoms with E-state index < -0.39 is 0 Å². The van der Waals surface area contributed by atoms with Crippen LogP contribution in [0.2, 0.25) is 0 Å². The molecule has 0 aromatic heterocycles. The molecule has 0 heteroatoms. The first kappa shape index (κ1) is 29.5. The summed E-state index contributed by atoms with van der Waals surface area (Å²) in [7, 11) is 0. The molecule has 240 valence electrons. The molecule has 0 radical (unpaired) electrons. The van der Waals surface area contributed by atoms with Crippen molar-refractivity contribution >= 4 is 28.0 Å². The first-order chi connectivity index (χ1) is 24.5. The van der Waals surface area contributed by atoms with Gasteiger partial charge in [0.25, 0.3) is 0 Å². The molecular weight excluding hydrogens is 601 g/mol. The molecule has 1 spiro atoms. The van der Waals surface area contributed by atoms with Gasteiger partial charge in [0, 0.05) is 11.3 Å². The Bertz CT molecular complexity index is 2480. The summed E-state index contributed by atoms with van der Waals surface area (Å²) in [5, 5.41) is 2.57. The predicted molar refractivity (Wildman–Crippen MR) is 212 cm³/mol. The van der Waals surface area contributed by atoms with E-state index in [1.54, 1.807) is 0 Å². The molecule has 0 N–H and O–H groups in total. The molecular formula is C50H40. The van der Waals surface area contributed by atoms with E-state index in [-0.39, 0.29) is 5.41 Å². The molecule has 1 saturated carbocycles. The highest BCUT2D eigenvalue weighted by molar-refractivity contribution is 5.99. The molecule has 10 rings (SSSR count). The summed E-state index contributed by atoms with van der Waals surface area (Å²) in [6.07, 6.45) is 16.1. The lowest BCUT2D eigenvalue weighted by molar-refractivity contribution is 0.256. The highest BCUT2D eigenvalue weighted by Crippen LogP contribution is 2.74. The lowest BCUT2D eigenvalue weighted by Crippen LogP contribution is -2.47. The molecule has 4 bridgehead atoms. The van der Waals surface area contributed by atoms with Crippen LogP contribution in [-0.4, -0.2) is 0 Å². The molecule has 5 aromatic carbocycles. The van der Waals surface area contributed by atoms with Crippen molar-refractivity contribution in [3.63, 3.8) is 0 Å².